The Morgan fingerprint density at radius 3 is 2.81 bits per heavy atom. The SMILES string of the molecule is Cc1nc(CC(=O)Nc2ncc(Cc3cccc(C(F)(F)F)c3)s2)cs1. The van der Waals surface area contributed by atoms with E-state index in [1.54, 1.807) is 12.3 Å². The van der Waals surface area contributed by atoms with Crippen LogP contribution in [-0.4, -0.2) is 15.9 Å². The number of halogens is 3. The summed E-state index contributed by atoms with van der Waals surface area (Å²) in [5.41, 5.74) is 0.566. The van der Waals surface area contributed by atoms with Gasteiger partial charge in [0.15, 0.2) is 5.13 Å². The zero-order valence-corrected chi connectivity index (χ0v) is 15.3. The summed E-state index contributed by atoms with van der Waals surface area (Å²) in [7, 11) is 0. The zero-order chi connectivity index (χ0) is 18.7. The number of anilines is 1. The number of rotatable bonds is 5. The van der Waals surface area contributed by atoms with Crippen molar-refractivity contribution in [3.05, 3.63) is 62.5 Å². The van der Waals surface area contributed by atoms with Gasteiger partial charge in [-0.15, -0.1) is 22.7 Å². The molecule has 0 spiro atoms. The molecule has 0 aliphatic carbocycles. The van der Waals surface area contributed by atoms with Crippen molar-refractivity contribution in [1.29, 1.82) is 0 Å². The van der Waals surface area contributed by atoms with Crippen LogP contribution in [0.2, 0.25) is 0 Å². The van der Waals surface area contributed by atoms with Gasteiger partial charge in [-0.05, 0) is 18.6 Å². The molecule has 0 atom stereocenters. The minimum Gasteiger partial charge on any atom is -0.302 e. The Hall–Kier alpha value is -2.26. The van der Waals surface area contributed by atoms with Crippen molar-refractivity contribution in [3.8, 4) is 0 Å². The first-order valence-corrected chi connectivity index (χ1v) is 9.31. The van der Waals surface area contributed by atoms with Gasteiger partial charge in [-0.1, -0.05) is 18.2 Å². The summed E-state index contributed by atoms with van der Waals surface area (Å²) in [6, 6.07) is 5.19. The van der Waals surface area contributed by atoms with Gasteiger partial charge in [0.2, 0.25) is 5.91 Å². The van der Waals surface area contributed by atoms with Gasteiger partial charge in [0, 0.05) is 22.9 Å². The fourth-order valence-corrected chi connectivity index (χ4v) is 3.80. The molecule has 0 aliphatic rings. The second-order valence-corrected chi connectivity index (χ2v) is 7.77. The van der Waals surface area contributed by atoms with E-state index in [-0.39, 0.29) is 12.3 Å². The molecular weight excluding hydrogens is 383 g/mol. The molecule has 0 saturated heterocycles. The minimum atomic E-state index is -4.36. The van der Waals surface area contributed by atoms with Gasteiger partial charge in [-0.2, -0.15) is 13.2 Å². The molecule has 2 heterocycles. The lowest BCUT2D eigenvalue weighted by molar-refractivity contribution is -0.137. The largest absolute Gasteiger partial charge is 0.416 e. The number of benzene rings is 1. The molecule has 2 aromatic heterocycles. The topological polar surface area (TPSA) is 54.9 Å². The van der Waals surface area contributed by atoms with Gasteiger partial charge in [-0.25, -0.2) is 9.97 Å². The first-order chi connectivity index (χ1) is 12.3. The molecule has 0 unspecified atom stereocenters. The minimum absolute atomic E-state index is 0.160. The number of hydrogen-bond acceptors (Lipinski definition) is 5. The standard InChI is InChI=1S/C17H14F3N3OS2/c1-10-22-13(9-25-10)7-15(24)23-16-21-8-14(26-16)6-11-3-2-4-12(5-11)17(18,19)20/h2-5,8-9H,6-7H2,1H3,(H,21,23,24). The highest BCUT2D eigenvalue weighted by Gasteiger charge is 2.30. The molecular formula is C17H14F3N3OS2. The molecule has 26 heavy (non-hydrogen) atoms. The summed E-state index contributed by atoms with van der Waals surface area (Å²) in [5, 5.41) is 5.84. The summed E-state index contributed by atoms with van der Waals surface area (Å²) in [5.74, 6) is -0.227. The molecule has 136 valence electrons. The summed E-state index contributed by atoms with van der Waals surface area (Å²) in [6.07, 6.45) is -2.32. The predicted molar refractivity (Wildman–Crippen MR) is 95.5 cm³/mol. The van der Waals surface area contributed by atoms with Crippen LogP contribution >= 0.6 is 22.7 Å². The second kappa shape index (κ2) is 7.55. The number of nitrogens with one attached hydrogen (secondary N) is 1. The Bertz CT molecular complexity index is 918. The van der Waals surface area contributed by atoms with Crippen molar-refractivity contribution < 1.29 is 18.0 Å². The van der Waals surface area contributed by atoms with Gasteiger partial charge in [-0.3, -0.25) is 4.79 Å². The van der Waals surface area contributed by atoms with Gasteiger partial charge in [0.1, 0.15) is 0 Å². The van der Waals surface area contributed by atoms with Crippen molar-refractivity contribution in [1.82, 2.24) is 9.97 Å². The molecule has 1 aromatic carbocycles. The van der Waals surface area contributed by atoms with Crippen LogP contribution in [0, 0.1) is 6.92 Å². The van der Waals surface area contributed by atoms with Gasteiger partial charge < -0.3 is 5.32 Å². The molecule has 0 bridgehead atoms. The van der Waals surface area contributed by atoms with Crippen LogP contribution in [-0.2, 0) is 23.8 Å². The molecule has 1 amide bonds. The predicted octanol–water partition coefficient (Wildman–Crippen LogP) is 4.70. The zero-order valence-electron chi connectivity index (χ0n) is 13.6. The van der Waals surface area contributed by atoms with E-state index in [2.05, 4.69) is 15.3 Å². The van der Waals surface area contributed by atoms with Crippen molar-refractivity contribution in [2.45, 2.75) is 25.9 Å². The van der Waals surface area contributed by atoms with Gasteiger partial charge >= 0.3 is 6.18 Å². The Balaban J connectivity index is 1.62. The molecule has 1 N–H and O–H groups in total. The van der Waals surface area contributed by atoms with E-state index in [0.717, 1.165) is 22.0 Å². The fraction of sp³-hybridized carbons (Fsp3) is 0.235. The normalized spacial score (nSPS) is 11.5. The highest BCUT2D eigenvalue weighted by atomic mass is 32.1. The number of nitrogens with zero attached hydrogens (tertiary/aromatic N) is 2. The lowest BCUT2D eigenvalue weighted by Crippen LogP contribution is -2.14. The van der Waals surface area contributed by atoms with E-state index in [9.17, 15) is 18.0 Å². The average molecular weight is 397 g/mol. The first-order valence-electron chi connectivity index (χ1n) is 7.61. The lowest BCUT2D eigenvalue weighted by Gasteiger charge is -2.07. The Labute approximate surface area is 155 Å². The van der Waals surface area contributed by atoms with Crippen LogP contribution in [0.15, 0.2) is 35.8 Å². The number of carbonyl (C=O) groups excluding carboxylic acids is 1. The van der Waals surface area contributed by atoms with Crippen molar-refractivity contribution in [2.75, 3.05) is 5.32 Å². The molecule has 0 aliphatic heterocycles. The maximum absolute atomic E-state index is 12.8. The summed E-state index contributed by atoms with van der Waals surface area (Å²) in [4.78, 5) is 21.1. The summed E-state index contributed by atoms with van der Waals surface area (Å²) < 4.78 is 38.3. The number of carbonyl (C=O) groups is 1. The number of hydrogen-bond donors (Lipinski definition) is 1. The molecule has 0 saturated carbocycles. The molecule has 0 radical (unpaired) electrons. The summed E-state index contributed by atoms with van der Waals surface area (Å²) >= 11 is 2.72. The van der Waals surface area contributed by atoms with Crippen molar-refractivity contribution >= 4 is 33.7 Å². The van der Waals surface area contributed by atoms with Crippen LogP contribution < -0.4 is 5.32 Å². The lowest BCUT2D eigenvalue weighted by atomic mass is 10.1. The molecule has 9 heteroatoms. The maximum atomic E-state index is 12.8. The monoisotopic (exact) mass is 397 g/mol. The highest BCUT2D eigenvalue weighted by Crippen LogP contribution is 2.30. The van der Waals surface area contributed by atoms with E-state index in [4.69, 9.17) is 0 Å². The van der Waals surface area contributed by atoms with Crippen LogP contribution in [0.5, 0.6) is 0 Å². The van der Waals surface area contributed by atoms with Crippen LogP contribution in [0.4, 0.5) is 18.3 Å². The van der Waals surface area contributed by atoms with E-state index in [1.165, 1.54) is 28.7 Å². The molecule has 3 aromatic rings. The van der Waals surface area contributed by atoms with Gasteiger partial charge in [0.25, 0.3) is 0 Å². The number of aryl methyl sites for hydroxylation is 1. The molecule has 3 rings (SSSR count). The number of thiazole rings is 2. The van der Waals surface area contributed by atoms with Crippen LogP contribution in [0.3, 0.4) is 0 Å². The van der Waals surface area contributed by atoms with Gasteiger partial charge in [0.05, 0.1) is 22.7 Å². The van der Waals surface area contributed by atoms with Crippen molar-refractivity contribution in [3.63, 3.8) is 0 Å². The molecule has 0 fully saturated rings. The van der Waals surface area contributed by atoms with Crippen LogP contribution in [0.1, 0.15) is 26.7 Å². The third-order valence-electron chi connectivity index (χ3n) is 3.44. The quantitative estimate of drug-likeness (QED) is 0.679. The fourth-order valence-electron chi connectivity index (χ4n) is 2.32. The summed E-state index contributed by atoms with van der Waals surface area (Å²) in [6.45, 7) is 1.87. The highest BCUT2D eigenvalue weighted by molar-refractivity contribution is 7.15. The number of alkyl halides is 3. The van der Waals surface area contributed by atoms with E-state index in [1.807, 2.05) is 12.3 Å². The van der Waals surface area contributed by atoms with E-state index in [0.29, 0.717) is 22.8 Å². The third kappa shape index (κ3) is 4.89. The third-order valence-corrected chi connectivity index (χ3v) is 5.18. The Kier molecular flexibility index (Phi) is 5.38. The Morgan fingerprint density at radius 2 is 2.12 bits per heavy atom. The number of aromatic nitrogens is 2. The molecule has 4 nitrogen and oxygen atoms in total. The maximum Gasteiger partial charge on any atom is 0.416 e. The van der Waals surface area contributed by atoms with E-state index >= 15 is 0 Å². The second-order valence-electron chi connectivity index (χ2n) is 5.59. The smallest absolute Gasteiger partial charge is 0.302 e. The number of amides is 1. The van der Waals surface area contributed by atoms with Crippen molar-refractivity contribution in [2.24, 2.45) is 0 Å². The van der Waals surface area contributed by atoms with E-state index < -0.39 is 11.7 Å². The first kappa shape index (κ1) is 18.5. The average Bonchev–Trinajstić information content (AvgIpc) is 3.16. The van der Waals surface area contributed by atoms with Crippen LogP contribution in [0.25, 0.3) is 0 Å². The Morgan fingerprint density at radius 1 is 1.31 bits per heavy atom.